The number of hydrogen-bond donors (Lipinski definition) is 0. The van der Waals surface area contributed by atoms with E-state index in [-0.39, 0.29) is 0 Å². The highest BCUT2D eigenvalue weighted by atomic mass is 15.2. The molecule has 0 fully saturated rings. The lowest BCUT2D eigenvalue weighted by Gasteiger charge is -2.36. The smallest absolute Gasteiger partial charge is 0.0645 e. The summed E-state index contributed by atoms with van der Waals surface area (Å²) < 4.78 is 0. The fourth-order valence-electron chi connectivity index (χ4n) is 6.35. The molecule has 2 heteroatoms. The molecule has 6 aromatic carbocycles. The summed E-state index contributed by atoms with van der Waals surface area (Å²) in [5, 5.41) is 2.50. The maximum absolute atomic E-state index is 4.56. The van der Waals surface area contributed by atoms with E-state index in [0.29, 0.717) is 0 Å². The molecular weight excluding hydrogens is 496 g/mol. The minimum atomic E-state index is 1.04. The second kappa shape index (κ2) is 9.62. The fraction of sp³-hybridized carbons (Fsp3) is 0. The first-order chi connectivity index (χ1) is 20.4. The van der Waals surface area contributed by atoms with E-state index < -0.39 is 0 Å². The summed E-state index contributed by atoms with van der Waals surface area (Å²) in [5.41, 5.74) is 13.1. The van der Waals surface area contributed by atoms with Crippen LogP contribution in [0.3, 0.4) is 0 Å². The quantitative estimate of drug-likeness (QED) is 0.228. The van der Waals surface area contributed by atoms with Crippen molar-refractivity contribution in [3.05, 3.63) is 158 Å². The van der Waals surface area contributed by atoms with Crippen LogP contribution < -0.4 is 4.90 Å². The third-order valence-electron chi connectivity index (χ3n) is 8.09. The molecule has 2 heterocycles. The Kier molecular flexibility index (Phi) is 5.49. The van der Waals surface area contributed by atoms with Gasteiger partial charge in [-0.05, 0) is 57.0 Å². The summed E-state index contributed by atoms with van der Waals surface area (Å²) >= 11 is 0. The van der Waals surface area contributed by atoms with E-state index in [1.165, 1.54) is 66.7 Å². The van der Waals surface area contributed by atoms with Gasteiger partial charge in [-0.2, -0.15) is 0 Å². The Balaban J connectivity index is 1.56. The first-order valence-electron chi connectivity index (χ1n) is 14.0. The van der Waals surface area contributed by atoms with E-state index >= 15 is 0 Å². The molecule has 8 rings (SSSR count). The summed E-state index contributed by atoms with van der Waals surface area (Å²) in [6.45, 7) is 0. The van der Waals surface area contributed by atoms with Crippen molar-refractivity contribution in [3.63, 3.8) is 0 Å². The first kappa shape index (κ1) is 23.4. The van der Waals surface area contributed by atoms with Gasteiger partial charge in [-0.15, -0.1) is 0 Å². The minimum absolute atomic E-state index is 1.04. The highest BCUT2D eigenvalue weighted by molar-refractivity contribution is 6.18. The second-order valence-corrected chi connectivity index (χ2v) is 10.4. The number of hydrogen-bond acceptors (Lipinski definition) is 2. The molecule has 1 aromatic heterocycles. The molecule has 0 aliphatic carbocycles. The van der Waals surface area contributed by atoms with Gasteiger partial charge in [0.1, 0.15) is 0 Å². The number of aromatic nitrogens is 1. The Morgan fingerprint density at radius 3 is 1.80 bits per heavy atom. The standard InChI is InChI=1S/C39H26N2/c1-3-12-27(13-4-1)31-19-7-8-20-33(31)38-32(28-14-5-2-6-15-28)23-24-35-34-21-9-16-29-17-10-22-36(37(29)34)41(39(35)38)30-18-11-25-40-26-30/h1-26H. The zero-order chi connectivity index (χ0) is 27.2. The highest BCUT2D eigenvalue weighted by Gasteiger charge is 2.31. The highest BCUT2D eigenvalue weighted by Crippen LogP contribution is 2.56. The summed E-state index contributed by atoms with van der Waals surface area (Å²) in [5.74, 6) is 0. The van der Waals surface area contributed by atoms with Gasteiger partial charge >= 0.3 is 0 Å². The normalized spacial score (nSPS) is 11.9. The molecule has 0 saturated carbocycles. The fourth-order valence-corrected chi connectivity index (χ4v) is 6.35. The molecule has 1 aliphatic heterocycles. The van der Waals surface area contributed by atoms with Gasteiger partial charge < -0.3 is 4.90 Å². The first-order valence-corrected chi connectivity index (χ1v) is 14.0. The van der Waals surface area contributed by atoms with Crippen molar-refractivity contribution in [2.45, 2.75) is 0 Å². The molecule has 41 heavy (non-hydrogen) atoms. The predicted molar refractivity (Wildman–Crippen MR) is 172 cm³/mol. The van der Waals surface area contributed by atoms with Crippen molar-refractivity contribution in [2.24, 2.45) is 0 Å². The van der Waals surface area contributed by atoms with Crippen molar-refractivity contribution >= 4 is 27.8 Å². The molecule has 0 radical (unpaired) electrons. The average molecular weight is 523 g/mol. The number of benzene rings is 6. The van der Waals surface area contributed by atoms with Crippen LogP contribution in [0.4, 0.5) is 17.1 Å². The van der Waals surface area contributed by atoms with E-state index in [9.17, 15) is 0 Å². The largest absolute Gasteiger partial charge is 0.307 e. The summed E-state index contributed by atoms with van der Waals surface area (Å²) in [6.07, 6.45) is 3.81. The molecule has 0 atom stereocenters. The van der Waals surface area contributed by atoms with Gasteiger partial charge in [0.05, 0.1) is 23.3 Å². The number of nitrogens with zero attached hydrogens (tertiary/aromatic N) is 2. The number of pyridine rings is 1. The number of rotatable bonds is 4. The molecule has 2 nitrogen and oxygen atoms in total. The van der Waals surface area contributed by atoms with Gasteiger partial charge in [-0.25, -0.2) is 0 Å². The monoisotopic (exact) mass is 522 g/mol. The van der Waals surface area contributed by atoms with Crippen molar-refractivity contribution in [1.82, 2.24) is 4.98 Å². The summed E-state index contributed by atoms with van der Waals surface area (Å²) in [7, 11) is 0. The molecular formula is C39H26N2. The van der Waals surface area contributed by atoms with Gasteiger partial charge in [0.15, 0.2) is 0 Å². The minimum Gasteiger partial charge on any atom is -0.307 e. The van der Waals surface area contributed by atoms with Gasteiger partial charge in [-0.1, -0.05) is 127 Å². The summed E-state index contributed by atoms with van der Waals surface area (Å²) in [4.78, 5) is 6.98. The Morgan fingerprint density at radius 2 is 1.07 bits per heavy atom. The Labute approximate surface area is 239 Å². The van der Waals surface area contributed by atoms with Crippen LogP contribution in [-0.4, -0.2) is 4.98 Å². The molecule has 192 valence electrons. The Bertz CT molecular complexity index is 2030. The zero-order valence-electron chi connectivity index (χ0n) is 22.4. The van der Waals surface area contributed by atoms with Gasteiger partial charge in [-0.3, -0.25) is 4.98 Å². The Morgan fingerprint density at radius 1 is 0.439 bits per heavy atom. The third-order valence-corrected chi connectivity index (χ3v) is 8.09. The van der Waals surface area contributed by atoms with Gasteiger partial charge in [0.2, 0.25) is 0 Å². The van der Waals surface area contributed by atoms with Crippen molar-refractivity contribution in [3.8, 4) is 44.5 Å². The van der Waals surface area contributed by atoms with Crippen molar-refractivity contribution < 1.29 is 0 Å². The van der Waals surface area contributed by atoms with E-state index in [1.807, 2.05) is 18.5 Å². The molecule has 0 spiro atoms. The van der Waals surface area contributed by atoms with Gasteiger partial charge in [0, 0.05) is 22.7 Å². The molecule has 1 aliphatic rings. The lowest BCUT2D eigenvalue weighted by atomic mass is 9.82. The van der Waals surface area contributed by atoms with E-state index in [4.69, 9.17) is 0 Å². The van der Waals surface area contributed by atoms with E-state index in [1.54, 1.807) is 0 Å². The lowest BCUT2D eigenvalue weighted by molar-refractivity contribution is 1.23. The SMILES string of the molecule is c1ccc(-c2ccccc2-c2c(-c3ccccc3)ccc3c2N(c2cccnc2)c2cccc4cccc-3c24)cc1. The topological polar surface area (TPSA) is 16.1 Å². The molecule has 0 bridgehead atoms. The second-order valence-electron chi connectivity index (χ2n) is 10.4. The number of anilines is 3. The maximum atomic E-state index is 4.56. The third kappa shape index (κ3) is 3.76. The molecule has 0 amide bonds. The lowest BCUT2D eigenvalue weighted by Crippen LogP contribution is -2.17. The van der Waals surface area contributed by atoms with Crippen LogP contribution in [0.2, 0.25) is 0 Å². The van der Waals surface area contributed by atoms with Crippen molar-refractivity contribution in [2.75, 3.05) is 4.90 Å². The number of fused-ring (bicyclic) bond motifs is 2. The van der Waals surface area contributed by atoms with Crippen LogP contribution in [0.1, 0.15) is 0 Å². The van der Waals surface area contributed by atoms with Crippen molar-refractivity contribution in [1.29, 1.82) is 0 Å². The Hall–Kier alpha value is -5.47. The van der Waals surface area contributed by atoms with E-state index in [0.717, 1.165) is 5.69 Å². The molecule has 7 aromatic rings. The van der Waals surface area contributed by atoms with Crippen LogP contribution >= 0.6 is 0 Å². The predicted octanol–water partition coefficient (Wildman–Crippen LogP) is 10.7. The average Bonchev–Trinajstić information content (AvgIpc) is 3.06. The molecule has 0 saturated heterocycles. The van der Waals surface area contributed by atoms with Crippen LogP contribution in [0, 0.1) is 0 Å². The van der Waals surface area contributed by atoms with Crippen LogP contribution in [-0.2, 0) is 0 Å². The summed E-state index contributed by atoms with van der Waals surface area (Å²) in [6, 6.07) is 52.3. The molecule has 0 unspecified atom stereocenters. The van der Waals surface area contributed by atoms with Crippen LogP contribution in [0.15, 0.2) is 158 Å². The van der Waals surface area contributed by atoms with Gasteiger partial charge in [0.25, 0.3) is 0 Å². The zero-order valence-corrected chi connectivity index (χ0v) is 22.4. The maximum Gasteiger partial charge on any atom is 0.0645 e. The molecule has 0 N–H and O–H groups in total. The van der Waals surface area contributed by atoms with Crippen LogP contribution in [0.5, 0.6) is 0 Å². The van der Waals surface area contributed by atoms with Crippen LogP contribution in [0.25, 0.3) is 55.3 Å². The van der Waals surface area contributed by atoms with E-state index in [2.05, 4.69) is 149 Å².